The number of aryl methyl sites for hydroxylation is 1. The van der Waals surface area contributed by atoms with Gasteiger partial charge in [-0.15, -0.1) is 0 Å². The molecule has 0 saturated carbocycles. The highest BCUT2D eigenvalue weighted by Crippen LogP contribution is 2.30. The number of carbonyl (C=O) groups is 1. The van der Waals surface area contributed by atoms with Crippen LogP contribution < -0.4 is 4.74 Å². The second-order valence-electron chi connectivity index (χ2n) is 5.87. The molecule has 0 aliphatic carbocycles. The Morgan fingerprint density at radius 1 is 1.40 bits per heavy atom. The molecule has 0 aromatic heterocycles. The molecule has 4 nitrogen and oxygen atoms in total. The van der Waals surface area contributed by atoms with E-state index in [1.54, 1.807) is 0 Å². The molecule has 110 valence electrons. The number of benzene rings is 1. The Hall–Kier alpha value is -1.55. The van der Waals surface area contributed by atoms with Crippen molar-refractivity contribution < 1.29 is 14.6 Å². The van der Waals surface area contributed by atoms with Crippen molar-refractivity contribution in [3.8, 4) is 5.75 Å². The lowest BCUT2D eigenvalue weighted by molar-refractivity contribution is -0.150. The Morgan fingerprint density at radius 2 is 2.10 bits per heavy atom. The zero-order valence-electron chi connectivity index (χ0n) is 12.3. The third kappa shape index (κ3) is 3.73. The summed E-state index contributed by atoms with van der Waals surface area (Å²) in [4.78, 5) is 13.4. The highest BCUT2D eigenvalue weighted by molar-refractivity contribution is 5.74. The van der Waals surface area contributed by atoms with Crippen LogP contribution in [-0.2, 0) is 4.79 Å². The number of carboxylic acid groups (broad SMARTS) is 1. The lowest BCUT2D eigenvalue weighted by Gasteiger charge is -2.36. The van der Waals surface area contributed by atoms with Gasteiger partial charge in [-0.05, 0) is 57.5 Å². The number of ether oxygens (including phenoxy) is 1. The summed E-state index contributed by atoms with van der Waals surface area (Å²) in [5.41, 5.74) is 0.645. The van der Waals surface area contributed by atoms with E-state index in [1.807, 2.05) is 38.1 Å². The number of carboxylic acids is 1. The summed E-state index contributed by atoms with van der Waals surface area (Å²) in [6.07, 6.45) is 1.43. The summed E-state index contributed by atoms with van der Waals surface area (Å²) >= 11 is 0. The first kappa shape index (κ1) is 14.9. The van der Waals surface area contributed by atoms with Crippen molar-refractivity contribution in [2.75, 3.05) is 26.2 Å². The van der Waals surface area contributed by atoms with Gasteiger partial charge in [-0.2, -0.15) is 0 Å². The summed E-state index contributed by atoms with van der Waals surface area (Å²) in [7, 11) is 0. The molecule has 0 atom stereocenters. The number of hydrogen-bond donors (Lipinski definition) is 1. The van der Waals surface area contributed by atoms with Gasteiger partial charge in [-0.3, -0.25) is 9.69 Å². The van der Waals surface area contributed by atoms with E-state index in [0.717, 1.165) is 25.4 Å². The van der Waals surface area contributed by atoms with Crippen LogP contribution in [0, 0.1) is 12.3 Å². The average molecular weight is 277 g/mol. The zero-order chi connectivity index (χ0) is 14.6. The van der Waals surface area contributed by atoms with Crippen molar-refractivity contribution in [2.45, 2.75) is 26.7 Å². The summed E-state index contributed by atoms with van der Waals surface area (Å²) < 4.78 is 5.73. The first-order valence-electron chi connectivity index (χ1n) is 7.15. The van der Waals surface area contributed by atoms with Crippen LogP contribution in [0.3, 0.4) is 0 Å². The molecule has 1 saturated heterocycles. The number of nitrogens with zero attached hydrogens (tertiary/aromatic N) is 1. The van der Waals surface area contributed by atoms with E-state index in [2.05, 4.69) is 4.90 Å². The second-order valence-corrected chi connectivity index (χ2v) is 5.87. The molecule has 20 heavy (non-hydrogen) atoms. The van der Waals surface area contributed by atoms with Crippen molar-refractivity contribution >= 4 is 5.97 Å². The molecule has 1 aromatic carbocycles. The Kier molecular flexibility index (Phi) is 4.65. The van der Waals surface area contributed by atoms with Crippen molar-refractivity contribution in [3.63, 3.8) is 0 Å². The molecule has 1 aliphatic rings. The Balaban J connectivity index is 1.73. The van der Waals surface area contributed by atoms with E-state index in [9.17, 15) is 9.90 Å². The predicted molar refractivity (Wildman–Crippen MR) is 78.1 cm³/mol. The molecule has 0 radical (unpaired) electrons. The van der Waals surface area contributed by atoms with Gasteiger partial charge in [0.25, 0.3) is 0 Å². The normalized spacial score (nSPS) is 18.7. The largest absolute Gasteiger partial charge is 0.492 e. The molecule has 0 bridgehead atoms. The molecule has 1 N–H and O–H groups in total. The maximum Gasteiger partial charge on any atom is 0.309 e. The summed E-state index contributed by atoms with van der Waals surface area (Å²) in [5.74, 6) is 0.227. The monoisotopic (exact) mass is 277 g/mol. The number of likely N-dealkylation sites (tertiary alicyclic amines) is 1. The Labute approximate surface area is 120 Å². The van der Waals surface area contributed by atoms with Crippen molar-refractivity contribution in [1.29, 1.82) is 0 Å². The molecule has 2 rings (SSSR count). The minimum Gasteiger partial charge on any atom is -0.492 e. The standard InChI is InChI=1S/C16H23NO3/c1-13-4-3-5-14(12-13)20-11-10-17-8-6-16(2,7-9-17)15(18)19/h3-5,12H,6-11H2,1-2H3,(H,18,19). The minimum absolute atomic E-state index is 0.548. The fourth-order valence-corrected chi connectivity index (χ4v) is 2.48. The van der Waals surface area contributed by atoms with E-state index in [0.29, 0.717) is 19.4 Å². The third-order valence-corrected chi connectivity index (χ3v) is 4.14. The molecule has 0 spiro atoms. The van der Waals surface area contributed by atoms with Crippen LogP contribution in [0.1, 0.15) is 25.3 Å². The number of piperidine rings is 1. The van der Waals surface area contributed by atoms with Gasteiger partial charge < -0.3 is 9.84 Å². The Morgan fingerprint density at radius 3 is 2.70 bits per heavy atom. The van der Waals surface area contributed by atoms with E-state index in [1.165, 1.54) is 5.56 Å². The molecule has 1 aliphatic heterocycles. The molecule has 0 amide bonds. The maximum atomic E-state index is 11.2. The predicted octanol–water partition coefficient (Wildman–Crippen LogP) is 2.56. The maximum absolute atomic E-state index is 11.2. The molecular weight excluding hydrogens is 254 g/mol. The van der Waals surface area contributed by atoms with Gasteiger partial charge in [0, 0.05) is 6.54 Å². The zero-order valence-corrected chi connectivity index (χ0v) is 12.3. The minimum atomic E-state index is -0.673. The number of rotatable bonds is 5. The van der Waals surface area contributed by atoms with Gasteiger partial charge >= 0.3 is 5.97 Å². The van der Waals surface area contributed by atoms with Crippen LogP contribution in [0.4, 0.5) is 0 Å². The number of aliphatic carboxylic acids is 1. The fourth-order valence-electron chi connectivity index (χ4n) is 2.48. The molecule has 1 fully saturated rings. The van der Waals surface area contributed by atoms with Gasteiger partial charge in [0.2, 0.25) is 0 Å². The quantitative estimate of drug-likeness (QED) is 0.898. The van der Waals surface area contributed by atoms with Gasteiger partial charge in [-0.25, -0.2) is 0 Å². The van der Waals surface area contributed by atoms with Crippen LogP contribution in [0.2, 0.25) is 0 Å². The Bertz CT molecular complexity index is 465. The molecule has 0 unspecified atom stereocenters. The van der Waals surface area contributed by atoms with Crippen LogP contribution in [-0.4, -0.2) is 42.2 Å². The van der Waals surface area contributed by atoms with Crippen LogP contribution >= 0.6 is 0 Å². The van der Waals surface area contributed by atoms with Crippen LogP contribution in [0.5, 0.6) is 5.75 Å². The van der Waals surface area contributed by atoms with E-state index in [4.69, 9.17) is 4.74 Å². The van der Waals surface area contributed by atoms with Crippen molar-refractivity contribution in [2.24, 2.45) is 5.41 Å². The molecule has 1 aromatic rings. The van der Waals surface area contributed by atoms with Crippen LogP contribution in [0.25, 0.3) is 0 Å². The van der Waals surface area contributed by atoms with Gasteiger partial charge in [0.15, 0.2) is 0 Å². The first-order valence-corrected chi connectivity index (χ1v) is 7.15. The lowest BCUT2D eigenvalue weighted by atomic mass is 9.80. The van der Waals surface area contributed by atoms with Gasteiger partial charge in [0.05, 0.1) is 5.41 Å². The highest BCUT2D eigenvalue weighted by Gasteiger charge is 2.36. The smallest absolute Gasteiger partial charge is 0.309 e. The average Bonchev–Trinajstić information content (AvgIpc) is 2.41. The van der Waals surface area contributed by atoms with Gasteiger partial charge in [-0.1, -0.05) is 12.1 Å². The van der Waals surface area contributed by atoms with Gasteiger partial charge in [0.1, 0.15) is 12.4 Å². The third-order valence-electron chi connectivity index (χ3n) is 4.14. The summed E-state index contributed by atoms with van der Waals surface area (Å²) in [6.45, 7) is 7.05. The summed E-state index contributed by atoms with van der Waals surface area (Å²) in [6, 6.07) is 8.02. The SMILES string of the molecule is Cc1cccc(OCCN2CCC(C)(C(=O)O)CC2)c1. The van der Waals surface area contributed by atoms with E-state index < -0.39 is 11.4 Å². The molecule has 1 heterocycles. The molecular formula is C16H23NO3. The molecule has 4 heteroatoms. The highest BCUT2D eigenvalue weighted by atomic mass is 16.5. The number of hydrogen-bond acceptors (Lipinski definition) is 3. The fraction of sp³-hybridized carbons (Fsp3) is 0.562. The van der Waals surface area contributed by atoms with E-state index in [-0.39, 0.29) is 0 Å². The van der Waals surface area contributed by atoms with Crippen LogP contribution in [0.15, 0.2) is 24.3 Å². The topological polar surface area (TPSA) is 49.8 Å². The second kappa shape index (κ2) is 6.27. The lowest BCUT2D eigenvalue weighted by Crippen LogP contribution is -2.43. The first-order chi connectivity index (χ1) is 9.49. The van der Waals surface area contributed by atoms with E-state index >= 15 is 0 Å². The van der Waals surface area contributed by atoms with Crippen molar-refractivity contribution in [1.82, 2.24) is 4.90 Å². The van der Waals surface area contributed by atoms with Crippen molar-refractivity contribution in [3.05, 3.63) is 29.8 Å². The summed E-state index contributed by atoms with van der Waals surface area (Å²) in [5, 5.41) is 9.19.